The highest BCUT2D eigenvalue weighted by molar-refractivity contribution is 6.07. The molecule has 1 atom stereocenters. The third-order valence-electron chi connectivity index (χ3n) is 2.82. The maximum atomic E-state index is 12.2. The summed E-state index contributed by atoms with van der Waals surface area (Å²) in [4.78, 5) is 36.0. The predicted molar refractivity (Wildman–Crippen MR) is 61.8 cm³/mol. The monoisotopic (exact) mass is 248 g/mol. The van der Waals surface area contributed by atoms with Crippen molar-refractivity contribution >= 4 is 17.7 Å². The first kappa shape index (κ1) is 12.1. The number of rotatable bonds is 1. The van der Waals surface area contributed by atoms with E-state index in [1.165, 1.54) is 19.1 Å². The summed E-state index contributed by atoms with van der Waals surface area (Å²) in [6, 6.07) is 5.27. The average Bonchev–Trinajstić information content (AvgIpc) is 2.33. The highest BCUT2D eigenvalue weighted by atomic mass is 16.3. The van der Waals surface area contributed by atoms with E-state index in [0.29, 0.717) is 0 Å². The summed E-state index contributed by atoms with van der Waals surface area (Å²) in [6.45, 7) is 1.33. The summed E-state index contributed by atoms with van der Waals surface area (Å²) in [5.41, 5.74) is 0.0758. The van der Waals surface area contributed by atoms with Crippen molar-refractivity contribution in [2.75, 3.05) is 6.54 Å². The van der Waals surface area contributed by atoms with Gasteiger partial charge < -0.3 is 10.0 Å². The van der Waals surface area contributed by atoms with Gasteiger partial charge in [-0.2, -0.15) is 0 Å². The smallest absolute Gasteiger partial charge is 0.258 e. The van der Waals surface area contributed by atoms with Crippen LogP contribution in [0.15, 0.2) is 24.3 Å². The first-order chi connectivity index (χ1) is 8.50. The molecule has 0 saturated carbocycles. The fraction of sp³-hybridized carbons (Fsp3) is 0.250. The van der Waals surface area contributed by atoms with Gasteiger partial charge in [0.15, 0.2) is 0 Å². The van der Waals surface area contributed by atoms with Gasteiger partial charge >= 0.3 is 0 Å². The molecule has 0 aliphatic carbocycles. The summed E-state index contributed by atoms with van der Waals surface area (Å²) >= 11 is 0. The minimum atomic E-state index is -0.741. The van der Waals surface area contributed by atoms with Gasteiger partial charge in [0.2, 0.25) is 11.8 Å². The van der Waals surface area contributed by atoms with E-state index < -0.39 is 23.8 Å². The molecule has 0 radical (unpaired) electrons. The van der Waals surface area contributed by atoms with Crippen LogP contribution in [-0.2, 0) is 9.59 Å². The zero-order valence-electron chi connectivity index (χ0n) is 9.71. The Labute approximate surface area is 103 Å². The van der Waals surface area contributed by atoms with Crippen LogP contribution in [0.1, 0.15) is 17.3 Å². The molecule has 1 saturated heterocycles. The van der Waals surface area contributed by atoms with Gasteiger partial charge in [0.25, 0.3) is 5.91 Å². The minimum Gasteiger partial charge on any atom is -0.507 e. The first-order valence-corrected chi connectivity index (χ1v) is 5.43. The Morgan fingerprint density at radius 1 is 1.39 bits per heavy atom. The molecule has 1 aromatic rings. The Bertz CT molecular complexity index is 527. The Morgan fingerprint density at radius 3 is 2.72 bits per heavy atom. The van der Waals surface area contributed by atoms with Crippen LogP contribution >= 0.6 is 0 Å². The molecule has 1 aromatic carbocycles. The van der Waals surface area contributed by atoms with Crippen LogP contribution < -0.4 is 5.32 Å². The summed E-state index contributed by atoms with van der Waals surface area (Å²) in [5.74, 6) is -1.76. The van der Waals surface area contributed by atoms with E-state index in [0.717, 1.165) is 4.90 Å². The van der Waals surface area contributed by atoms with Gasteiger partial charge in [0.1, 0.15) is 18.3 Å². The Morgan fingerprint density at radius 2 is 2.06 bits per heavy atom. The van der Waals surface area contributed by atoms with Crippen molar-refractivity contribution in [2.45, 2.75) is 13.0 Å². The van der Waals surface area contributed by atoms with E-state index in [1.54, 1.807) is 12.1 Å². The lowest BCUT2D eigenvalue weighted by Gasteiger charge is -2.31. The third kappa shape index (κ3) is 2.04. The number of aromatic hydroxyl groups is 1. The maximum absolute atomic E-state index is 12.2. The van der Waals surface area contributed by atoms with Crippen molar-refractivity contribution in [1.82, 2.24) is 10.2 Å². The summed E-state index contributed by atoms with van der Waals surface area (Å²) in [7, 11) is 0. The quantitative estimate of drug-likeness (QED) is 0.678. The molecule has 0 spiro atoms. The number of amides is 3. The lowest BCUT2D eigenvalue weighted by Crippen LogP contribution is -2.58. The molecule has 2 N–H and O–H groups in total. The van der Waals surface area contributed by atoms with Crippen molar-refractivity contribution in [1.29, 1.82) is 0 Å². The lowest BCUT2D eigenvalue weighted by molar-refractivity contribution is -0.138. The molecule has 1 aliphatic heterocycles. The molecule has 18 heavy (non-hydrogen) atoms. The van der Waals surface area contributed by atoms with E-state index >= 15 is 0 Å². The third-order valence-corrected chi connectivity index (χ3v) is 2.82. The standard InChI is InChI=1S/C12H12N2O4/c1-7-11(17)13-10(16)6-14(7)12(18)8-4-2-3-5-9(8)15/h2-5,7,15H,6H2,1H3,(H,13,16,17). The number of hydrogen-bond donors (Lipinski definition) is 2. The highest BCUT2D eigenvalue weighted by Crippen LogP contribution is 2.19. The Kier molecular flexibility index (Phi) is 3.01. The van der Waals surface area contributed by atoms with E-state index in [-0.39, 0.29) is 17.9 Å². The van der Waals surface area contributed by atoms with E-state index in [9.17, 15) is 19.5 Å². The van der Waals surface area contributed by atoms with Gasteiger partial charge in [0.05, 0.1) is 5.56 Å². The number of piperazine rings is 1. The van der Waals surface area contributed by atoms with Gasteiger partial charge in [0, 0.05) is 0 Å². The number of imide groups is 1. The second-order valence-corrected chi connectivity index (χ2v) is 4.04. The van der Waals surface area contributed by atoms with Crippen LogP contribution in [0, 0.1) is 0 Å². The number of carbonyl (C=O) groups is 3. The number of benzene rings is 1. The molecule has 6 heteroatoms. The SMILES string of the molecule is CC1C(=O)NC(=O)CN1C(=O)c1ccccc1O. The maximum Gasteiger partial charge on any atom is 0.258 e. The van der Waals surface area contributed by atoms with E-state index in [2.05, 4.69) is 5.32 Å². The number of carbonyl (C=O) groups excluding carboxylic acids is 3. The van der Waals surface area contributed by atoms with Crippen molar-refractivity contribution in [3.8, 4) is 5.75 Å². The number of hydrogen-bond acceptors (Lipinski definition) is 4. The van der Waals surface area contributed by atoms with Crippen LogP contribution in [0.3, 0.4) is 0 Å². The van der Waals surface area contributed by atoms with Gasteiger partial charge in [-0.15, -0.1) is 0 Å². The van der Waals surface area contributed by atoms with E-state index in [4.69, 9.17) is 0 Å². The van der Waals surface area contributed by atoms with E-state index in [1.807, 2.05) is 0 Å². The topological polar surface area (TPSA) is 86.7 Å². The predicted octanol–water partition coefficient (Wildman–Crippen LogP) is -0.121. The number of phenolic OH excluding ortho intramolecular Hbond substituents is 1. The molecule has 2 rings (SSSR count). The lowest BCUT2D eigenvalue weighted by atomic mass is 10.1. The van der Waals surface area contributed by atoms with Crippen molar-refractivity contribution in [2.24, 2.45) is 0 Å². The molecule has 1 fully saturated rings. The second kappa shape index (κ2) is 4.48. The van der Waals surface area contributed by atoms with Gasteiger partial charge in [-0.3, -0.25) is 19.7 Å². The van der Waals surface area contributed by atoms with Gasteiger partial charge in [-0.1, -0.05) is 12.1 Å². The largest absolute Gasteiger partial charge is 0.507 e. The molecule has 1 heterocycles. The number of nitrogens with one attached hydrogen (secondary N) is 1. The van der Waals surface area contributed by atoms with Crippen LogP contribution in [-0.4, -0.2) is 40.3 Å². The summed E-state index contributed by atoms with van der Waals surface area (Å²) in [5, 5.41) is 11.7. The molecule has 3 amide bonds. The Hall–Kier alpha value is -2.37. The number of nitrogens with zero attached hydrogens (tertiary/aromatic N) is 1. The highest BCUT2D eigenvalue weighted by Gasteiger charge is 2.34. The second-order valence-electron chi connectivity index (χ2n) is 4.04. The Balaban J connectivity index is 2.31. The van der Waals surface area contributed by atoms with Crippen molar-refractivity contribution in [3.05, 3.63) is 29.8 Å². The van der Waals surface area contributed by atoms with Crippen LogP contribution in [0.2, 0.25) is 0 Å². The average molecular weight is 248 g/mol. The molecule has 1 unspecified atom stereocenters. The zero-order valence-corrected chi connectivity index (χ0v) is 9.71. The zero-order chi connectivity index (χ0) is 13.3. The van der Waals surface area contributed by atoms with Crippen molar-refractivity contribution < 1.29 is 19.5 Å². The molecule has 0 aromatic heterocycles. The summed E-state index contributed by atoms with van der Waals surface area (Å²) < 4.78 is 0. The fourth-order valence-corrected chi connectivity index (χ4v) is 1.77. The molecule has 6 nitrogen and oxygen atoms in total. The van der Waals surface area contributed by atoms with Crippen LogP contribution in [0.5, 0.6) is 5.75 Å². The molecule has 1 aliphatic rings. The van der Waals surface area contributed by atoms with Crippen LogP contribution in [0.4, 0.5) is 0 Å². The van der Waals surface area contributed by atoms with Crippen LogP contribution in [0.25, 0.3) is 0 Å². The summed E-state index contributed by atoms with van der Waals surface area (Å²) in [6.07, 6.45) is 0. The first-order valence-electron chi connectivity index (χ1n) is 5.43. The van der Waals surface area contributed by atoms with Crippen molar-refractivity contribution in [3.63, 3.8) is 0 Å². The minimum absolute atomic E-state index is 0.0758. The molecular formula is C12H12N2O4. The fourth-order valence-electron chi connectivity index (χ4n) is 1.77. The van der Waals surface area contributed by atoms with Gasteiger partial charge in [-0.25, -0.2) is 0 Å². The molecular weight excluding hydrogens is 236 g/mol. The molecule has 0 bridgehead atoms. The van der Waals surface area contributed by atoms with Gasteiger partial charge in [-0.05, 0) is 19.1 Å². The number of phenols is 1. The molecule has 94 valence electrons. The normalized spacial score (nSPS) is 19.6. The number of para-hydroxylation sites is 1.